The quantitative estimate of drug-likeness (QED) is 0.863. The van der Waals surface area contributed by atoms with Crippen molar-refractivity contribution in [3.05, 3.63) is 24.0 Å². The highest BCUT2D eigenvalue weighted by Crippen LogP contribution is 2.28. The van der Waals surface area contributed by atoms with E-state index >= 15 is 0 Å². The van der Waals surface area contributed by atoms with Crippen molar-refractivity contribution in [3.8, 4) is 5.75 Å². The van der Waals surface area contributed by atoms with Crippen LogP contribution in [0.25, 0.3) is 0 Å². The van der Waals surface area contributed by atoms with Gasteiger partial charge in [-0.15, -0.1) is 12.4 Å². The molecule has 5 nitrogen and oxygen atoms in total. The average molecular weight is 387 g/mol. The Labute approximate surface area is 144 Å². The second-order valence-corrected chi connectivity index (χ2v) is 7.72. The molecule has 0 saturated carbocycles. The molecular weight excluding hydrogens is 369 g/mol. The molecule has 0 amide bonds. The number of fused-ring (bicyclic) bond motifs is 2. The van der Waals surface area contributed by atoms with Gasteiger partial charge in [0.15, 0.2) is 11.6 Å². The highest BCUT2D eigenvalue weighted by Gasteiger charge is 2.36. The zero-order chi connectivity index (χ0) is 16.6. The third kappa shape index (κ3) is 3.96. The highest BCUT2D eigenvalue weighted by atomic mass is 35.5. The number of alkyl halides is 2. The molecule has 2 atom stereocenters. The topological polar surface area (TPSA) is 58.6 Å². The van der Waals surface area contributed by atoms with Crippen molar-refractivity contribution in [2.45, 2.75) is 42.9 Å². The van der Waals surface area contributed by atoms with Crippen molar-refractivity contribution in [2.75, 3.05) is 13.1 Å². The normalized spacial score (nSPS) is 24.5. The molecule has 2 aliphatic rings. The lowest BCUT2D eigenvalue weighted by molar-refractivity contribution is -0.0522. The van der Waals surface area contributed by atoms with E-state index in [0.717, 1.165) is 37.5 Å². The Morgan fingerprint density at radius 3 is 2.38 bits per heavy atom. The number of sulfonamides is 1. The van der Waals surface area contributed by atoms with Crippen LogP contribution >= 0.6 is 12.4 Å². The molecule has 2 saturated heterocycles. The van der Waals surface area contributed by atoms with E-state index in [2.05, 4.69) is 10.1 Å². The predicted molar refractivity (Wildman–Crippen MR) is 83.6 cm³/mol. The number of hydrogen-bond donors (Lipinski definition) is 1. The second kappa shape index (κ2) is 7.47. The fourth-order valence-corrected chi connectivity index (χ4v) is 4.69. The summed E-state index contributed by atoms with van der Waals surface area (Å²) < 4.78 is 68.7. The zero-order valence-electron chi connectivity index (χ0n) is 12.6. The molecule has 2 unspecified atom stereocenters. The fraction of sp³-hybridized carbons (Fsp3) is 0.571. The standard InChI is InChI=1S/C14H17F3N2O3S.ClH/c15-12-6-11(4-5-13(12)22-14(16)17)23(20,21)19-7-9-2-1-3-10(8-19)18-9;/h4-6,9-10,14,18H,1-3,7-8H2;1H. The van der Waals surface area contributed by atoms with E-state index in [0.29, 0.717) is 13.1 Å². The van der Waals surface area contributed by atoms with Crippen LogP contribution in [-0.2, 0) is 10.0 Å². The first-order valence-corrected chi connectivity index (χ1v) is 8.81. The van der Waals surface area contributed by atoms with E-state index in [9.17, 15) is 21.6 Å². The molecule has 2 bridgehead atoms. The Balaban J connectivity index is 0.00000208. The van der Waals surface area contributed by atoms with Crippen LogP contribution in [0, 0.1) is 5.82 Å². The van der Waals surface area contributed by atoms with Gasteiger partial charge in [-0.1, -0.05) is 6.42 Å². The van der Waals surface area contributed by atoms with Crippen LogP contribution in [0.5, 0.6) is 5.75 Å². The summed E-state index contributed by atoms with van der Waals surface area (Å²) in [4.78, 5) is -0.253. The van der Waals surface area contributed by atoms with Gasteiger partial charge in [-0.25, -0.2) is 12.8 Å². The first kappa shape index (κ1) is 19.3. The first-order chi connectivity index (χ1) is 10.9. The van der Waals surface area contributed by atoms with E-state index in [1.807, 2.05) is 0 Å². The van der Waals surface area contributed by atoms with Crippen LogP contribution in [0.3, 0.4) is 0 Å². The van der Waals surface area contributed by atoms with E-state index < -0.39 is 28.2 Å². The summed E-state index contributed by atoms with van der Waals surface area (Å²) in [6, 6.07) is 2.93. The molecule has 0 aliphatic carbocycles. The van der Waals surface area contributed by atoms with Crippen molar-refractivity contribution in [3.63, 3.8) is 0 Å². The van der Waals surface area contributed by atoms with Gasteiger partial charge in [0.05, 0.1) is 4.90 Å². The lowest BCUT2D eigenvalue weighted by Gasteiger charge is -2.41. The summed E-state index contributed by atoms with van der Waals surface area (Å²) in [5, 5.41) is 3.36. The molecule has 1 N–H and O–H groups in total. The molecular formula is C14H18ClF3N2O3S. The largest absolute Gasteiger partial charge is 0.432 e. The number of benzene rings is 1. The van der Waals surface area contributed by atoms with E-state index in [1.165, 1.54) is 4.31 Å². The molecule has 136 valence electrons. The van der Waals surface area contributed by atoms with E-state index in [1.54, 1.807) is 0 Å². The van der Waals surface area contributed by atoms with E-state index in [4.69, 9.17) is 0 Å². The molecule has 2 fully saturated rings. The Kier molecular flexibility index (Phi) is 6.00. The Morgan fingerprint density at radius 1 is 1.21 bits per heavy atom. The first-order valence-electron chi connectivity index (χ1n) is 7.37. The van der Waals surface area contributed by atoms with Gasteiger partial charge in [-0.3, -0.25) is 0 Å². The van der Waals surface area contributed by atoms with Crippen molar-refractivity contribution in [2.24, 2.45) is 0 Å². The number of rotatable bonds is 4. The summed E-state index contributed by atoms with van der Waals surface area (Å²) in [6.07, 6.45) is 2.86. The summed E-state index contributed by atoms with van der Waals surface area (Å²) in [5.41, 5.74) is 0. The van der Waals surface area contributed by atoms with Crippen LogP contribution in [0.1, 0.15) is 19.3 Å². The molecule has 0 spiro atoms. The van der Waals surface area contributed by atoms with Gasteiger partial charge in [-0.2, -0.15) is 13.1 Å². The van der Waals surface area contributed by atoms with Crippen LogP contribution in [-0.4, -0.2) is 44.5 Å². The summed E-state index contributed by atoms with van der Waals surface area (Å²) in [6.45, 7) is -2.51. The number of piperidine rings is 1. The van der Waals surface area contributed by atoms with Crippen LogP contribution in [0.15, 0.2) is 23.1 Å². The maximum absolute atomic E-state index is 13.8. The monoisotopic (exact) mass is 386 g/mol. The molecule has 24 heavy (non-hydrogen) atoms. The maximum Gasteiger partial charge on any atom is 0.387 e. The predicted octanol–water partition coefficient (Wildman–Crippen LogP) is 2.36. The second-order valence-electron chi connectivity index (χ2n) is 5.78. The number of nitrogens with one attached hydrogen (secondary N) is 1. The molecule has 10 heteroatoms. The van der Waals surface area contributed by atoms with Gasteiger partial charge in [0, 0.05) is 25.2 Å². The van der Waals surface area contributed by atoms with Crippen LogP contribution < -0.4 is 10.1 Å². The van der Waals surface area contributed by atoms with Crippen molar-refractivity contribution < 1.29 is 26.3 Å². The summed E-state index contributed by atoms with van der Waals surface area (Å²) in [5.74, 6) is -1.79. The third-order valence-electron chi connectivity index (χ3n) is 4.18. The van der Waals surface area contributed by atoms with Crippen molar-refractivity contribution >= 4 is 22.4 Å². The maximum atomic E-state index is 13.8. The van der Waals surface area contributed by atoms with E-state index in [-0.39, 0.29) is 29.4 Å². The molecule has 3 rings (SSSR count). The van der Waals surface area contributed by atoms with Gasteiger partial charge >= 0.3 is 6.61 Å². The smallest absolute Gasteiger partial charge is 0.387 e. The molecule has 0 aromatic heterocycles. The number of piperazine rings is 1. The fourth-order valence-electron chi connectivity index (χ4n) is 3.14. The SMILES string of the molecule is Cl.O=S(=O)(c1ccc(OC(F)F)c(F)c1)N1CC2CCCC(C1)N2. The number of ether oxygens (including phenoxy) is 1. The molecule has 2 aliphatic heterocycles. The number of halogens is 4. The average Bonchev–Trinajstić information content (AvgIpc) is 2.48. The molecule has 1 aromatic carbocycles. The summed E-state index contributed by atoms with van der Waals surface area (Å²) in [7, 11) is -3.86. The van der Waals surface area contributed by atoms with Crippen LogP contribution in [0.2, 0.25) is 0 Å². The molecule has 2 heterocycles. The van der Waals surface area contributed by atoms with Crippen molar-refractivity contribution in [1.29, 1.82) is 0 Å². The van der Waals surface area contributed by atoms with Gasteiger partial charge in [0.2, 0.25) is 10.0 Å². The third-order valence-corrected chi connectivity index (χ3v) is 6.01. The van der Waals surface area contributed by atoms with Gasteiger partial charge in [0.25, 0.3) is 0 Å². The Bertz CT molecular complexity index is 678. The molecule has 1 aromatic rings. The summed E-state index contributed by atoms with van der Waals surface area (Å²) >= 11 is 0. The minimum Gasteiger partial charge on any atom is -0.432 e. The minimum absolute atomic E-state index is 0. The van der Waals surface area contributed by atoms with Crippen LogP contribution in [0.4, 0.5) is 13.2 Å². The van der Waals surface area contributed by atoms with Gasteiger partial charge in [0.1, 0.15) is 0 Å². The van der Waals surface area contributed by atoms with Gasteiger partial charge in [-0.05, 0) is 31.0 Å². The Morgan fingerprint density at radius 2 is 1.83 bits per heavy atom. The van der Waals surface area contributed by atoms with Gasteiger partial charge < -0.3 is 10.1 Å². The van der Waals surface area contributed by atoms with Crippen molar-refractivity contribution in [1.82, 2.24) is 9.62 Å². The zero-order valence-corrected chi connectivity index (χ0v) is 14.3. The lowest BCUT2D eigenvalue weighted by Crippen LogP contribution is -2.59. The molecule has 0 radical (unpaired) electrons. The Hall–Kier alpha value is -1.03. The lowest BCUT2D eigenvalue weighted by atomic mass is 9.96. The minimum atomic E-state index is -3.86. The number of hydrogen-bond acceptors (Lipinski definition) is 4. The highest BCUT2D eigenvalue weighted by molar-refractivity contribution is 7.89. The number of nitrogens with zero attached hydrogens (tertiary/aromatic N) is 1.